The lowest BCUT2D eigenvalue weighted by molar-refractivity contribution is 0.0636. The molecule has 1 aromatic heterocycles. The van der Waals surface area contributed by atoms with Crippen LogP contribution in [0.25, 0.3) is 0 Å². The molecule has 0 unspecified atom stereocenters. The molecule has 5 heteroatoms. The third-order valence-electron chi connectivity index (χ3n) is 1.79. The third-order valence-corrected chi connectivity index (χ3v) is 1.79. The molecule has 0 aliphatic heterocycles. The number of rotatable bonds is 2. The molecule has 1 heterocycles. The van der Waals surface area contributed by atoms with Gasteiger partial charge < -0.3 is 4.74 Å². The van der Waals surface area contributed by atoms with Crippen molar-refractivity contribution < 1.29 is 14.3 Å². The van der Waals surface area contributed by atoms with Crippen LogP contribution in [0.5, 0.6) is 0 Å². The average molecular weight is 246 g/mol. The fourth-order valence-electron chi connectivity index (χ4n) is 1.17. The van der Waals surface area contributed by atoms with E-state index in [0.29, 0.717) is 0 Å². The van der Waals surface area contributed by atoms with Crippen molar-refractivity contribution in [2.75, 3.05) is 5.32 Å². The SMILES string of the molecule is C#CC(=O)c1ncccc1NC(=O)OC(C)(C)C. The van der Waals surface area contributed by atoms with Crippen molar-refractivity contribution in [3.63, 3.8) is 0 Å². The van der Waals surface area contributed by atoms with Crippen LogP contribution in [0.4, 0.5) is 10.5 Å². The van der Waals surface area contributed by atoms with Crippen molar-refractivity contribution in [2.24, 2.45) is 0 Å². The molecule has 1 rings (SSSR count). The number of nitrogens with one attached hydrogen (secondary N) is 1. The number of hydrogen-bond acceptors (Lipinski definition) is 4. The predicted molar refractivity (Wildman–Crippen MR) is 67.3 cm³/mol. The Balaban J connectivity index is 2.89. The molecule has 0 saturated carbocycles. The Morgan fingerprint density at radius 1 is 1.44 bits per heavy atom. The van der Waals surface area contributed by atoms with Crippen LogP contribution in [0, 0.1) is 12.3 Å². The summed E-state index contributed by atoms with van der Waals surface area (Å²) in [4.78, 5) is 26.8. The van der Waals surface area contributed by atoms with Gasteiger partial charge in [0.1, 0.15) is 11.3 Å². The van der Waals surface area contributed by atoms with Crippen molar-refractivity contribution >= 4 is 17.6 Å². The number of amides is 1. The molecular formula is C13H14N2O3. The molecule has 0 fully saturated rings. The molecule has 0 radical (unpaired) electrons. The molecule has 1 N–H and O–H groups in total. The topological polar surface area (TPSA) is 68.3 Å². The first-order chi connectivity index (χ1) is 8.33. The summed E-state index contributed by atoms with van der Waals surface area (Å²) in [5, 5.41) is 2.44. The summed E-state index contributed by atoms with van der Waals surface area (Å²) in [5.74, 6) is 1.35. The van der Waals surface area contributed by atoms with E-state index in [0.717, 1.165) is 0 Å². The van der Waals surface area contributed by atoms with Crippen LogP contribution in [0.15, 0.2) is 18.3 Å². The second-order valence-corrected chi connectivity index (χ2v) is 4.50. The molecule has 0 atom stereocenters. The van der Waals surface area contributed by atoms with Crippen LogP contribution >= 0.6 is 0 Å². The van der Waals surface area contributed by atoms with Gasteiger partial charge in [-0.05, 0) is 38.8 Å². The first kappa shape index (κ1) is 13.7. The van der Waals surface area contributed by atoms with Gasteiger partial charge >= 0.3 is 6.09 Å². The molecule has 0 spiro atoms. The summed E-state index contributed by atoms with van der Waals surface area (Å²) in [5.41, 5.74) is -0.372. The maximum Gasteiger partial charge on any atom is 0.412 e. The molecule has 0 aliphatic carbocycles. The minimum absolute atomic E-state index is 0.0193. The van der Waals surface area contributed by atoms with Crippen molar-refractivity contribution in [1.82, 2.24) is 4.98 Å². The second kappa shape index (κ2) is 5.32. The molecule has 0 aromatic carbocycles. The molecule has 0 aliphatic rings. The smallest absolute Gasteiger partial charge is 0.412 e. The van der Waals surface area contributed by atoms with E-state index in [9.17, 15) is 9.59 Å². The lowest BCUT2D eigenvalue weighted by Gasteiger charge is -2.19. The standard InChI is InChI=1S/C13H14N2O3/c1-5-10(16)11-9(7-6-8-14-11)15-12(17)18-13(2,3)4/h1,6-8H,2-4H3,(H,15,17). The van der Waals surface area contributed by atoms with Crippen LogP contribution in [0.3, 0.4) is 0 Å². The van der Waals surface area contributed by atoms with Crippen molar-refractivity contribution in [3.8, 4) is 12.3 Å². The van der Waals surface area contributed by atoms with E-state index >= 15 is 0 Å². The fourth-order valence-corrected chi connectivity index (χ4v) is 1.17. The summed E-state index contributed by atoms with van der Waals surface area (Å²) in [6, 6.07) is 3.11. The van der Waals surface area contributed by atoms with E-state index in [1.807, 2.05) is 5.92 Å². The zero-order valence-corrected chi connectivity index (χ0v) is 10.5. The first-order valence-electron chi connectivity index (χ1n) is 5.29. The number of ketones is 1. The van der Waals surface area contributed by atoms with E-state index in [1.54, 1.807) is 26.8 Å². The van der Waals surface area contributed by atoms with Gasteiger partial charge in [0.2, 0.25) is 0 Å². The lowest BCUT2D eigenvalue weighted by Crippen LogP contribution is -2.27. The molecular weight excluding hydrogens is 232 g/mol. The van der Waals surface area contributed by atoms with Gasteiger partial charge in [0.05, 0.1) is 5.69 Å². The van der Waals surface area contributed by atoms with Crippen LogP contribution in [0.1, 0.15) is 31.3 Å². The van der Waals surface area contributed by atoms with Gasteiger partial charge in [-0.25, -0.2) is 9.78 Å². The van der Waals surface area contributed by atoms with Crippen molar-refractivity contribution in [1.29, 1.82) is 0 Å². The van der Waals surface area contributed by atoms with Crippen molar-refractivity contribution in [3.05, 3.63) is 24.0 Å². The average Bonchev–Trinajstić information content (AvgIpc) is 2.26. The van der Waals surface area contributed by atoms with E-state index < -0.39 is 17.5 Å². The molecule has 1 aromatic rings. The Bertz CT molecular complexity index is 510. The molecule has 94 valence electrons. The molecule has 1 amide bonds. The number of nitrogens with zero attached hydrogens (tertiary/aromatic N) is 1. The van der Waals surface area contributed by atoms with Crippen LogP contribution in [-0.4, -0.2) is 22.5 Å². The molecule has 18 heavy (non-hydrogen) atoms. The first-order valence-corrected chi connectivity index (χ1v) is 5.29. The normalized spacial score (nSPS) is 10.3. The monoisotopic (exact) mass is 246 g/mol. The zero-order chi connectivity index (χ0) is 13.8. The number of anilines is 1. The maximum atomic E-state index is 11.6. The number of pyridine rings is 1. The second-order valence-electron chi connectivity index (χ2n) is 4.50. The Kier molecular flexibility index (Phi) is 4.05. The molecule has 0 bridgehead atoms. The zero-order valence-electron chi connectivity index (χ0n) is 10.5. The molecule has 5 nitrogen and oxygen atoms in total. The number of hydrogen-bond donors (Lipinski definition) is 1. The van der Waals surface area contributed by atoms with Gasteiger partial charge in [0.15, 0.2) is 0 Å². The van der Waals surface area contributed by atoms with Crippen LogP contribution < -0.4 is 5.32 Å². The van der Waals surface area contributed by atoms with Gasteiger partial charge in [0.25, 0.3) is 5.78 Å². The summed E-state index contributed by atoms with van der Waals surface area (Å²) >= 11 is 0. The molecule has 0 saturated heterocycles. The Labute approximate surface area is 106 Å². The fraction of sp³-hybridized carbons (Fsp3) is 0.308. The summed E-state index contributed by atoms with van der Waals surface area (Å²) < 4.78 is 5.07. The van der Waals surface area contributed by atoms with Gasteiger partial charge in [-0.2, -0.15) is 0 Å². The highest BCUT2D eigenvalue weighted by molar-refractivity contribution is 6.11. The highest BCUT2D eigenvalue weighted by atomic mass is 16.6. The Morgan fingerprint density at radius 3 is 2.67 bits per heavy atom. The predicted octanol–water partition coefficient (Wildman–Crippen LogP) is 2.24. The van der Waals surface area contributed by atoms with E-state index in [2.05, 4.69) is 10.3 Å². The number of carbonyl (C=O) groups excluding carboxylic acids is 2. The van der Waals surface area contributed by atoms with Gasteiger partial charge in [-0.15, -0.1) is 6.42 Å². The number of ether oxygens (including phenoxy) is 1. The van der Waals surface area contributed by atoms with E-state index in [-0.39, 0.29) is 11.4 Å². The number of aromatic nitrogens is 1. The Hall–Kier alpha value is -2.35. The lowest BCUT2D eigenvalue weighted by atomic mass is 10.2. The summed E-state index contributed by atoms with van der Waals surface area (Å²) in [6.07, 6.45) is 5.78. The highest BCUT2D eigenvalue weighted by Crippen LogP contribution is 2.15. The van der Waals surface area contributed by atoms with Gasteiger partial charge in [0, 0.05) is 6.20 Å². The number of Topliss-reactive ketones (excluding diaryl/α,β-unsaturated/α-hetero) is 1. The van der Waals surface area contributed by atoms with E-state index in [1.165, 1.54) is 12.3 Å². The third kappa shape index (κ3) is 3.91. The minimum Gasteiger partial charge on any atom is -0.444 e. The number of terminal acetylenes is 1. The largest absolute Gasteiger partial charge is 0.444 e. The van der Waals surface area contributed by atoms with E-state index in [4.69, 9.17) is 11.2 Å². The van der Waals surface area contributed by atoms with Crippen molar-refractivity contribution in [2.45, 2.75) is 26.4 Å². The summed E-state index contributed by atoms with van der Waals surface area (Å²) in [7, 11) is 0. The Morgan fingerprint density at radius 2 is 2.11 bits per heavy atom. The van der Waals surface area contributed by atoms with Gasteiger partial charge in [-0.3, -0.25) is 10.1 Å². The highest BCUT2D eigenvalue weighted by Gasteiger charge is 2.18. The quantitative estimate of drug-likeness (QED) is 0.493. The maximum absolute atomic E-state index is 11.6. The van der Waals surface area contributed by atoms with Crippen LogP contribution in [-0.2, 0) is 4.74 Å². The van der Waals surface area contributed by atoms with Gasteiger partial charge in [-0.1, -0.05) is 0 Å². The number of carbonyl (C=O) groups is 2. The minimum atomic E-state index is -0.665. The summed E-state index contributed by atoms with van der Waals surface area (Å²) in [6.45, 7) is 5.22. The van der Waals surface area contributed by atoms with Crippen LogP contribution in [0.2, 0.25) is 0 Å².